The van der Waals surface area contributed by atoms with Gasteiger partial charge in [0.1, 0.15) is 0 Å². The third-order valence-electron chi connectivity index (χ3n) is 1.78. The molecule has 0 aliphatic rings. The highest BCUT2D eigenvalue weighted by Gasteiger charge is 2.17. The Labute approximate surface area is 78.3 Å². The van der Waals surface area contributed by atoms with Crippen molar-refractivity contribution in [1.82, 2.24) is 5.32 Å². The minimum absolute atomic E-state index is 0.0718. The summed E-state index contributed by atoms with van der Waals surface area (Å²) in [7, 11) is 1.54. The number of carbonyl (C=O) groups is 1. The third kappa shape index (κ3) is 4.82. The lowest BCUT2D eigenvalue weighted by Crippen LogP contribution is -2.49. The first-order chi connectivity index (χ1) is 6.15. The van der Waals surface area contributed by atoms with Gasteiger partial charge in [-0.2, -0.15) is 0 Å². The van der Waals surface area contributed by atoms with Gasteiger partial charge in [0.05, 0.1) is 25.3 Å². The molecule has 0 aliphatic heterocycles. The van der Waals surface area contributed by atoms with Crippen molar-refractivity contribution in [3.05, 3.63) is 0 Å². The summed E-state index contributed by atoms with van der Waals surface area (Å²) in [6, 6.07) is -0.630. The van der Waals surface area contributed by atoms with Crippen LogP contribution in [0.2, 0.25) is 0 Å². The highest BCUT2D eigenvalue weighted by Crippen LogP contribution is 1.93. The van der Waals surface area contributed by atoms with E-state index in [0.29, 0.717) is 13.0 Å². The first-order valence-corrected chi connectivity index (χ1v) is 4.30. The summed E-state index contributed by atoms with van der Waals surface area (Å²) in [6.45, 7) is 2.14. The number of nitrogens with one attached hydrogen (secondary N) is 1. The van der Waals surface area contributed by atoms with Crippen LogP contribution in [0.4, 0.5) is 0 Å². The second kappa shape index (κ2) is 6.82. The van der Waals surface area contributed by atoms with Gasteiger partial charge in [0.2, 0.25) is 5.91 Å². The van der Waals surface area contributed by atoms with Gasteiger partial charge in [-0.1, -0.05) is 6.92 Å². The van der Waals surface area contributed by atoms with Gasteiger partial charge in [-0.25, -0.2) is 0 Å². The normalized spacial score (nSPS) is 15.3. The van der Waals surface area contributed by atoms with Crippen LogP contribution in [0.15, 0.2) is 0 Å². The molecule has 0 aromatic carbocycles. The van der Waals surface area contributed by atoms with E-state index >= 15 is 0 Å². The average Bonchev–Trinajstić information content (AvgIpc) is 2.11. The molecule has 0 rings (SSSR count). The molecule has 78 valence electrons. The number of nitrogens with two attached hydrogens (primary N) is 1. The zero-order chi connectivity index (χ0) is 10.3. The van der Waals surface area contributed by atoms with Crippen molar-refractivity contribution in [2.75, 3.05) is 20.3 Å². The predicted molar refractivity (Wildman–Crippen MR) is 49.2 cm³/mol. The van der Waals surface area contributed by atoms with Crippen molar-refractivity contribution in [3.8, 4) is 0 Å². The Morgan fingerprint density at radius 3 is 2.62 bits per heavy atom. The summed E-state index contributed by atoms with van der Waals surface area (Å²) >= 11 is 0. The van der Waals surface area contributed by atoms with Gasteiger partial charge in [0.25, 0.3) is 0 Å². The maximum absolute atomic E-state index is 10.8. The average molecular weight is 190 g/mol. The van der Waals surface area contributed by atoms with Crippen molar-refractivity contribution >= 4 is 5.91 Å². The van der Waals surface area contributed by atoms with Crippen molar-refractivity contribution in [2.45, 2.75) is 25.4 Å². The van der Waals surface area contributed by atoms with E-state index < -0.39 is 11.9 Å². The van der Waals surface area contributed by atoms with E-state index in [1.807, 2.05) is 6.92 Å². The van der Waals surface area contributed by atoms with Crippen LogP contribution in [0.1, 0.15) is 13.3 Å². The summed E-state index contributed by atoms with van der Waals surface area (Å²) in [5, 5.41) is 11.8. The molecular formula is C8H18N2O3. The molecule has 0 aromatic rings. The largest absolute Gasteiger partial charge is 0.395 e. The Kier molecular flexibility index (Phi) is 6.48. The van der Waals surface area contributed by atoms with Crippen molar-refractivity contribution in [1.29, 1.82) is 0 Å². The smallest absolute Gasteiger partial charge is 0.234 e. The Bertz CT molecular complexity index is 152. The SMILES string of the molecule is CCC(NC(CO)COC)C(N)=O. The maximum Gasteiger partial charge on any atom is 0.234 e. The molecule has 0 aromatic heterocycles. The van der Waals surface area contributed by atoms with E-state index in [1.165, 1.54) is 7.11 Å². The van der Waals surface area contributed by atoms with Gasteiger partial charge in [0, 0.05) is 7.11 Å². The number of ether oxygens (including phenoxy) is 1. The molecule has 4 N–H and O–H groups in total. The monoisotopic (exact) mass is 190 g/mol. The number of carbonyl (C=O) groups excluding carboxylic acids is 1. The molecule has 5 nitrogen and oxygen atoms in total. The van der Waals surface area contributed by atoms with Crippen molar-refractivity contribution in [3.63, 3.8) is 0 Å². The molecule has 0 aliphatic carbocycles. The Balaban J connectivity index is 3.95. The van der Waals surface area contributed by atoms with E-state index in [4.69, 9.17) is 15.6 Å². The third-order valence-corrected chi connectivity index (χ3v) is 1.78. The summed E-state index contributed by atoms with van der Waals surface area (Å²) in [6.07, 6.45) is 0.607. The molecule has 0 spiro atoms. The number of methoxy groups -OCH3 is 1. The number of hydrogen-bond donors (Lipinski definition) is 3. The number of rotatable bonds is 7. The number of primary amides is 1. The fourth-order valence-electron chi connectivity index (χ4n) is 1.04. The molecule has 13 heavy (non-hydrogen) atoms. The van der Waals surface area contributed by atoms with E-state index in [2.05, 4.69) is 5.32 Å². The molecule has 2 unspecified atom stereocenters. The van der Waals surface area contributed by atoms with Crippen LogP contribution in [0, 0.1) is 0 Å². The van der Waals surface area contributed by atoms with Gasteiger partial charge < -0.3 is 15.6 Å². The van der Waals surface area contributed by atoms with E-state index in [9.17, 15) is 4.79 Å². The van der Waals surface area contributed by atoms with Gasteiger partial charge >= 0.3 is 0 Å². The number of aliphatic hydroxyl groups excluding tert-OH is 1. The molecule has 0 saturated heterocycles. The highest BCUT2D eigenvalue weighted by molar-refractivity contribution is 5.79. The fourth-order valence-corrected chi connectivity index (χ4v) is 1.04. The lowest BCUT2D eigenvalue weighted by molar-refractivity contribution is -0.120. The van der Waals surface area contributed by atoms with Crippen LogP contribution >= 0.6 is 0 Å². The summed E-state index contributed by atoms with van der Waals surface area (Å²) < 4.78 is 4.85. The first-order valence-electron chi connectivity index (χ1n) is 4.30. The molecule has 0 radical (unpaired) electrons. The molecule has 1 amide bonds. The molecule has 0 saturated carbocycles. The lowest BCUT2D eigenvalue weighted by atomic mass is 10.2. The molecule has 5 heteroatoms. The van der Waals surface area contributed by atoms with Gasteiger partial charge in [-0.15, -0.1) is 0 Å². The number of aliphatic hydroxyl groups is 1. The van der Waals surface area contributed by atoms with Crippen LogP contribution in [-0.2, 0) is 9.53 Å². The summed E-state index contributed by atoms with van der Waals surface area (Å²) in [5.74, 6) is -0.406. The van der Waals surface area contributed by atoms with Gasteiger partial charge in [-0.05, 0) is 6.42 Å². The number of amides is 1. The van der Waals surface area contributed by atoms with Gasteiger partial charge in [-0.3, -0.25) is 10.1 Å². The Hall–Kier alpha value is -0.650. The molecule has 0 bridgehead atoms. The van der Waals surface area contributed by atoms with Crippen molar-refractivity contribution in [2.24, 2.45) is 5.73 Å². The molecular weight excluding hydrogens is 172 g/mol. The minimum atomic E-state index is -0.406. The predicted octanol–water partition coefficient (Wildman–Crippen LogP) is -1.15. The second-order valence-electron chi connectivity index (χ2n) is 2.86. The van der Waals surface area contributed by atoms with E-state index in [1.54, 1.807) is 0 Å². The molecule has 0 fully saturated rings. The van der Waals surface area contributed by atoms with Crippen LogP contribution in [0.3, 0.4) is 0 Å². The summed E-state index contributed by atoms with van der Waals surface area (Å²) in [4.78, 5) is 10.8. The van der Waals surface area contributed by atoms with E-state index in [-0.39, 0.29) is 12.6 Å². The van der Waals surface area contributed by atoms with Crippen LogP contribution in [0.25, 0.3) is 0 Å². The zero-order valence-corrected chi connectivity index (χ0v) is 8.12. The maximum atomic E-state index is 10.8. The molecule has 0 heterocycles. The van der Waals surface area contributed by atoms with Crippen LogP contribution < -0.4 is 11.1 Å². The van der Waals surface area contributed by atoms with Gasteiger partial charge in [0.15, 0.2) is 0 Å². The zero-order valence-electron chi connectivity index (χ0n) is 8.12. The van der Waals surface area contributed by atoms with Crippen LogP contribution in [0.5, 0.6) is 0 Å². The minimum Gasteiger partial charge on any atom is -0.395 e. The lowest BCUT2D eigenvalue weighted by Gasteiger charge is -2.20. The van der Waals surface area contributed by atoms with Crippen LogP contribution in [-0.4, -0.2) is 43.4 Å². The standard InChI is InChI=1S/C8H18N2O3/c1-3-7(8(9)12)10-6(4-11)5-13-2/h6-7,10-11H,3-5H2,1-2H3,(H2,9,12). The number of hydrogen-bond acceptors (Lipinski definition) is 4. The molecule has 2 atom stereocenters. The van der Waals surface area contributed by atoms with Crippen molar-refractivity contribution < 1.29 is 14.6 Å². The first kappa shape index (κ1) is 12.3. The quantitative estimate of drug-likeness (QED) is 0.473. The highest BCUT2D eigenvalue weighted by atomic mass is 16.5. The summed E-state index contributed by atoms with van der Waals surface area (Å²) in [5.41, 5.74) is 5.12. The fraction of sp³-hybridized carbons (Fsp3) is 0.875. The Morgan fingerprint density at radius 1 is 1.69 bits per heavy atom. The second-order valence-corrected chi connectivity index (χ2v) is 2.86. The Morgan fingerprint density at radius 2 is 2.31 bits per heavy atom. The van der Waals surface area contributed by atoms with E-state index in [0.717, 1.165) is 0 Å². The topological polar surface area (TPSA) is 84.6 Å².